The lowest BCUT2D eigenvalue weighted by Crippen LogP contribution is -2.59. The third-order valence-corrected chi connectivity index (χ3v) is 9.62. The monoisotopic (exact) mass is 578 g/mol. The number of aromatic hydroxyl groups is 2. The first kappa shape index (κ1) is 34.5. The van der Waals surface area contributed by atoms with Crippen molar-refractivity contribution < 1.29 is 10.2 Å². The van der Waals surface area contributed by atoms with Gasteiger partial charge in [-0.05, 0) is 108 Å². The lowest BCUT2D eigenvalue weighted by Gasteiger charge is -2.50. The first-order valence-corrected chi connectivity index (χ1v) is 16.4. The van der Waals surface area contributed by atoms with Crippen LogP contribution in [0, 0.1) is 39.5 Å². The molecular weight excluding hydrogens is 516 g/mol. The van der Waals surface area contributed by atoms with Gasteiger partial charge in [-0.1, -0.05) is 81.4 Å². The van der Waals surface area contributed by atoms with E-state index in [4.69, 9.17) is 0 Å². The van der Waals surface area contributed by atoms with Gasteiger partial charge < -0.3 is 10.2 Å². The Morgan fingerprint density at radius 2 is 0.952 bits per heavy atom. The van der Waals surface area contributed by atoms with Crippen LogP contribution in [0.3, 0.4) is 0 Å². The molecule has 1 aliphatic rings. The van der Waals surface area contributed by atoms with Crippen molar-refractivity contribution in [2.75, 3.05) is 13.1 Å². The van der Waals surface area contributed by atoms with Crippen molar-refractivity contribution >= 4 is 0 Å². The van der Waals surface area contributed by atoms with Gasteiger partial charge in [0.2, 0.25) is 0 Å². The predicted molar refractivity (Wildman–Crippen MR) is 180 cm³/mol. The Kier molecular flexibility index (Phi) is 10.6. The van der Waals surface area contributed by atoms with Crippen LogP contribution in [0.15, 0.2) is 12.1 Å². The third-order valence-electron chi connectivity index (χ3n) is 9.62. The van der Waals surface area contributed by atoms with Crippen molar-refractivity contribution in [1.29, 1.82) is 0 Å². The molecule has 3 rings (SSSR count). The Labute approximate surface area is 258 Å². The lowest BCUT2D eigenvalue weighted by atomic mass is 9.81. The molecule has 0 spiro atoms. The number of benzene rings is 2. The molecule has 0 aliphatic carbocycles. The number of hydrogen-bond donors (Lipinski definition) is 2. The van der Waals surface area contributed by atoms with E-state index in [0.29, 0.717) is 35.4 Å². The molecule has 2 N–H and O–H groups in total. The molecule has 2 unspecified atom stereocenters. The average molecular weight is 579 g/mol. The highest BCUT2D eigenvalue weighted by atomic mass is 16.3. The normalized spacial score (nSPS) is 19.3. The molecule has 0 bridgehead atoms. The van der Waals surface area contributed by atoms with Crippen LogP contribution in [0.5, 0.6) is 11.5 Å². The Balaban J connectivity index is 2.02. The van der Waals surface area contributed by atoms with Gasteiger partial charge in [0.15, 0.2) is 0 Å². The summed E-state index contributed by atoms with van der Waals surface area (Å²) in [5.41, 5.74) is 9.07. The van der Waals surface area contributed by atoms with Crippen molar-refractivity contribution in [3.63, 3.8) is 0 Å². The van der Waals surface area contributed by atoms with E-state index in [1.54, 1.807) is 0 Å². The molecule has 0 saturated carbocycles. The van der Waals surface area contributed by atoms with E-state index < -0.39 is 0 Å². The summed E-state index contributed by atoms with van der Waals surface area (Å²) in [6.45, 7) is 34.8. The lowest BCUT2D eigenvalue weighted by molar-refractivity contribution is -0.00911. The molecule has 1 heterocycles. The maximum atomic E-state index is 11.3. The molecule has 1 aliphatic heterocycles. The number of piperazine rings is 1. The Morgan fingerprint density at radius 1 is 0.643 bits per heavy atom. The summed E-state index contributed by atoms with van der Waals surface area (Å²) in [5.74, 6) is 2.10. The van der Waals surface area contributed by atoms with Gasteiger partial charge in [-0.3, -0.25) is 9.80 Å². The van der Waals surface area contributed by atoms with Crippen molar-refractivity contribution in [3.8, 4) is 11.5 Å². The minimum absolute atomic E-state index is 0.0952. The molecule has 0 aromatic heterocycles. The highest BCUT2D eigenvalue weighted by Crippen LogP contribution is 2.40. The summed E-state index contributed by atoms with van der Waals surface area (Å²) in [6.07, 6.45) is 2.29. The number of phenols is 2. The van der Waals surface area contributed by atoms with Crippen LogP contribution in [-0.2, 0) is 23.9 Å². The zero-order valence-electron chi connectivity index (χ0n) is 29.5. The molecule has 4 heteroatoms. The SMILES string of the molecule is Cc1cc(C(C)(C)C)c(O)c(C)c1CN1CCN(Cc2c(C)cc(C(C)(C)C)c(O)c2C)C(CC(C)C)C1CC(C)C. The summed E-state index contributed by atoms with van der Waals surface area (Å²) in [6, 6.07) is 5.28. The van der Waals surface area contributed by atoms with E-state index in [0.717, 1.165) is 61.3 Å². The minimum atomic E-state index is -0.0952. The van der Waals surface area contributed by atoms with Crippen molar-refractivity contribution in [3.05, 3.63) is 56.6 Å². The number of rotatable bonds is 8. The van der Waals surface area contributed by atoms with Gasteiger partial charge in [0.05, 0.1) is 0 Å². The van der Waals surface area contributed by atoms with E-state index in [-0.39, 0.29) is 10.8 Å². The standard InChI is InChI=1S/C38H62N2O2/c1-23(2)17-33-34(18-24(3)4)40(22-30-26(6)20-32(38(12,13)14)36(42)28(30)8)16-15-39(33)21-29-25(5)19-31(37(9,10)11)35(41)27(29)7/h19-20,23-24,33-34,41-42H,15-18,21-22H2,1-14H3. The quantitative estimate of drug-likeness (QED) is 0.328. The molecule has 2 aromatic rings. The van der Waals surface area contributed by atoms with Crippen LogP contribution in [0.4, 0.5) is 0 Å². The van der Waals surface area contributed by atoms with E-state index >= 15 is 0 Å². The topological polar surface area (TPSA) is 46.9 Å². The Bertz CT molecular complexity index is 1150. The number of aryl methyl sites for hydroxylation is 2. The fourth-order valence-electron chi connectivity index (χ4n) is 7.11. The van der Waals surface area contributed by atoms with Crippen LogP contribution in [0.2, 0.25) is 0 Å². The molecule has 236 valence electrons. The van der Waals surface area contributed by atoms with Gasteiger partial charge in [-0.15, -0.1) is 0 Å². The van der Waals surface area contributed by atoms with Gasteiger partial charge in [-0.2, -0.15) is 0 Å². The number of phenolic OH excluding ortho intramolecular Hbond substituents is 2. The van der Waals surface area contributed by atoms with Crippen molar-refractivity contribution in [1.82, 2.24) is 9.80 Å². The molecule has 0 radical (unpaired) electrons. The second-order valence-electron chi connectivity index (χ2n) is 16.2. The Hall–Kier alpha value is -2.04. The van der Waals surface area contributed by atoms with Crippen molar-refractivity contribution in [2.45, 2.75) is 146 Å². The highest BCUT2D eigenvalue weighted by molar-refractivity contribution is 5.52. The molecule has 1 saturated heterocycles. The maximum Gasteiger partial charge on any atom is 0.122 e. The third kappa shape index (κ3) is 7.53. The van der Waals surface area contributed by atoms with Crippen LogP contribution in [-0.4, -0.2) is 45.2 Å². The summed E-state index contributed by atoms with van der Waals surface area (Å²) in [7, 11) is 0. The summed E-state index contributed by atoms with van der Waals surface area (Å²) in [5, 5.41) is 22.5. The minimum Gasteiger partial charge on any atom is -0.507 e. The van der Waals surface area contributed by atoms with Crippen molar-refractivity contribution in [2.24, 2.45) is 11.8 Å². The van der Waals surface area contributed by atoms with Crippen LogP contribution >= 0.6 is 0 Å². The highest BCUT2D eigenvalue weighted by Gasteiger charge is 2.38. The zero-order valence-corrected chi connectivity index (χ0v) is 29.5. The summed E-state index contributed by atoms with van der Waals surface area (Å²) < 4.78 is 0. The zero-order chi connectivity index (χ0) is 31.9. The van der Waals surface area contributed by atoms with E-state index in [1.165, 1.54) is 22.3 Å². The van der Waals surface area contributed by atoms with Gasteiger partial charge in [0.1, 0.15) is 11.5 Å². The first-order chi connectivity index (χ1) is 19.2. The number of hydrogen-bond acceptors (Lipinski definition) is 4. The van der Waals surface area contributed by atoms with Gasteiger partial charge in [0, 0.05) is 38.3 Å². The largest absolute Gasteiger partial charge is 0.507 e. The molecule has 2 aromatic carbocycles. The van der Waals surface area contributed by atoms with Crippen LogP contribution < -0.4 is 0 Å². The molecule has 42 heavy (non-hydrogen) atoms. The van der Waals surface area contributed by atoms with Crippen LogP contribution in [0.1, 0.15) is 127 Å². The second kappa shape index (κ2) is 12.9. The van der Waals surface area contributed by atoms with E-state index in [9.17, 15) is 10.2 Å². The van der Waals surface area contributed by atoms with E-state index in [1.807, 2.05) is 0 Å². The Morgan fingerprint density at radius 3 is 1.21 bits per heavy atom. The fraction of sp³-hybridized carbons (Fsp3) is 0.684. The molecular formula is C38H62N2O2. The summed E-state index contributed by atoms with van der Waals surface area (Å²) in [4.78, 5) is 5.43. The second-order valence-corrected chi connectivity index (χ2v) is 16.2. The van der Waals surface area contributed by atoms with E-state index in [2.05, 4.69) is 119 Å². The smallest absolute Gasteiger partial charge is 0.122 e. The summed E-state index contributed by atoms with van der Waals surface area (Å²) >= 11 is 0. The molecule has 0 amide bonds. The molecule has 2 atom stereocenters. The maximum absolute atomic E-state index is 11.3. The van der Waals surface area contributed by atoms with Crippen LogP contribution in [0.25, 0.3) is 0 Å². The van der Waals surface area contributed by atoms with Gasteiger partial charge in [0.25, 0.3) is 0 Å². The fourth-order valence-corrected chi connectivity index (χ4v) is 7.11. The first-order valence-electron chi connectivity index (χ1n) is 16.4. The predicted octanol–water partition coefficient (Wildman–Crippen LogP) is 9.07. The average Bonchev–Trinajstić information content (AvgIpc) is 2.84. The van der Waals surface area contributed by atoms with Gasteiger partial charge in [-0.25, -0.2) is 0 Å². The van der Waals surface area contributed by atoms with Gasteiger partial charge >= 0.3 is 0 Å². The molecule has 1 fully saturated rings. The molecule has 4 nitrogen and oxygen atoms in total. The number of nitrogens with zero attached hydrogens (tertiary/aromatic N) is 2.